The van der Waals surface area contributed by atoms with Crippen LogP contribution in [0, 0.1) is 0 Å². The van der Waals surface area contributed by atoms with E-state index in [1.54, 1.807) is 0 Å². The van der Waals surface area contributed by atoms with Gasteiger partial charge in [-0.05, 0) is 49.2 Å². The van der Waals surface area contributed by atoms with Crippen molar-refractivity contribution in [3.63, 3.8) is 0 Å². The van der Waals surface area contributed by atoms with Gasteiger partial charge in [0.1, 0.15) is 0 Å². The van der Waals surface area contributed by atoms with E-state index in [1.807, 2.05) is 0 Å². The number of nitrogens with one attached hydrogen (secondary N) is 1. The van der Waals surface area contributed by atoms with Gasteiger partial charge in [0, 0.05) is 24.7 Å². The van der Waals surface area contributed by atoms with Gasteiger partial charge in [0.2, 0.25) is 0 Å². The molecule has 166 valence electrons. The van der Waals surface area contributed by atoms with Crippen LogP contribution in [0.3, 0.4) is 0 Å². The van der Waals surface area contributed by atoms with Crippen LogP contribution in [-0.2, 0) is 12.4 Å². The van der Waals surface area contributed by atoms with Crippen molar-refractivity contribution in [3.05, 3.63) is 70.8 Å². The summed E-state index contributed by atoms with van der Waals surface area (Å²) in [6.07, 6.45) is -8.53. The Morgan fingerprint density at radius 1 is 0.839 bits per heavy atom. The van der Waals surface area contributed by atoms with Crippen molar-refractivity contribution in [2.45, 2.75) is 31.2 Å². The average Bonchev–Trinajstić information content (AvgIpc) is 2.72. The third-order valence-electron chi connectivity index (χ3n) is 5.05. The minimum absolute atomic E-state index is 0.106. The van der Waals surface area contributed by atoms with E-state index in [4.69, 9.17) is 0 Å². The van der Waals surface area contributed by atoms with Gasteiger partial charge in [0.25, 0.3) is 11.8 Å². The molecule has 0 aliphatic carbocycles. The molecule has 2 aromatic rings. The standard InChI is InChI=1S/C21H18F6N2O2/c22-20(23,24)14-7-5-13(6-8-14)19(31)29-11-9-15(10-12-29)28-18(30)16-3-1-2-4-17(16)21(25,26)27/h1-8,15H,9-12H2,(H,28,30). The van der Waals surface area contributed by atoms with Gasteiger partial charge >= 0.3 is 12.4 Å². The number of nitrogens with zero attached hydrogens (tertiary/aromatic N) is 1. The number of halogens is 6. The number of hydrogen-bond acceptors (Lipinski definition) is 2. The highest BCUT2D eigenvalue weighted by atomic mass is 19.4. The minimum Gasteiger partial charge on any atom is -0.349 e. The van der Waals surface area contributed by atoms with Crippen LogP contribution in [0.2, 0.25) is 0 Å². The molecule has 0 atom stereocenters. The van der Waals surface area contributed by atoms with Crippen LogP contribution in [0.25, 0.3) is 0 Å². The second kappa shape index (κ2) is 8.60. The van der Waals surface area contributed by atoms with Gasteiger partial charge in [0.05, 0.1) is 16.7 Å². The van der Waals surface area contributed by atoms with Crippen molar-refractivity contribution in [2.75, 3.05) is 13.1 Å². The zero-order chi connectivity index (χ0) is 22.8. The highest BCUT2D eigenvalue weighted by Gasteiger charge is 2.35. The Kier molecular flexibility index (Phi) is 6.28. The van der Waals surface area contributed by atoms with E-state index < -0.39 is 46.9 Å². The normalized spacial score (nSPS) is 15.6. The first-order valence-corrected chi connectivity index (χ1v) is 9.40. The van der Waals surface area contributed by atoms with E-state index in [-0.39, 0.29) is 18.7 Å². The molecule has 0 spiro atoms. The molecule has 0 saturated carbocycles. The number of benzene rings is 2. The Hall–Kier alpha value is -3.04. The maximum absolute atomic E-state index is 13.1. The number of amides is 2. The molecular formula is C21H18F6N2O2. The lowest BCUT2D eigenvalue weighted by Gasteiger charge is -2.32. The van der Waals surface area contributed by atoms with Gasteiger partial charge in [-0.25, -0.2) is 0 Å². The molecule has 1 N–H and O–H groups in total. The molecule has 2 amide bonds. The summed E-state index contributed by atoms with van der Waals surface area (Å²) in [7, 11) is 0. The SMILES string of the molecule is O=C(NC1CCN(C(=O)c2ccc(C(F)(F)F)cc2)CC1)c1ccccc1C(F)(F)F. The molecule has 1 fully saturated rings. The highest BCUT2D eigenvalue weighted by Crippen LogP contribution is 2.32. The van der Waals surface area contributed by atoms with Gasteiger partial charge < -0.3 is 10.2 Å². The molecule has 1 aliphatic rings. The summed E-state index contributed by atoms with van der Waals surface area (Å²) in [6, 6.07) is 7.92. The fraction of sp³-hybridized carbons (Fsp3) is 0.333. The lowest BCUT2D eigenvalue weighted by Crippen LogP contribution is -2.46. The highest BCUT2D eigenvalue weighted by molar-refractivity contribution is 5.96. The van der Waals surface area contributed by atoms with Gasteiger partial charge in [-0.1, -0.05) is 12.1 Å². The number of alkyl halides is 6. The molecule has 4 nitrogen and oxygen atoms in total. The molecule has 3 rings (SSSR count). The Balaban J connectivity index is 1.59. The van der Waals surface area contributed by atoms with E-state index in [9.17, 15) is 35.9 Å². The Morgan fingerprint density at radius 3 is 1.97 bits per heavy atom. The summed E-state index contributed by atoms with van der Waals surface area (Å²) in [6.45, 7) is 0.428. The van der Waals surface area contributed by atoms with Crippen LogP contribution >= 0.6 is 0 Å². The molecular weight excluding hydrogens is 426 g/mol. The number of piperidine rings is 1. The number of carbonyl (C=O) groups is 2. The topological polar surface area (TPSA) is 49.4 Å². The maximum atomic E-state index is 13.1. The predicted octanol–water partition coefficient (Wildman–Crippen LogP) is 4.76. The smallest absolute Gasteiger partial charge is 0.349 e. The van der Waals surface area contributed by atoms with Gasteiger partial charge in [-0.2, -0.15) is 26.3 Å². The monoisotopic (exact) mass is 444 g/mol. The summed E-state index contributed by atoms with van der Waals surface area (Å²) >= 11 is 0. The van der Waals surface area contributed by atoms with Crippen molar-refractivity contribution in [1.82, 2.24) is 10.2 Å². The summed E-state index contributed by atoms with van der Waals surface area (Å²) in [5, 5.41) is 2.57. The Morgan fingerprint density at radius 2 is 1.42 bits per heavy atom. The predicted molar refractivity (Wildman–Crippen MR) is 99.3 cm³/mol. The first-order chi connectivity index (χ1) is 14.5. The molecule has 1 heterocycles. The fourth-order valence-electron chi connectivity index (χ4n) is 3.40. The van der Waals surface area contributed by atoms with E-state index >= 15 is 0 Å². The van der Waals surface area contributed by atoms with Crippen LogP contribution in [0.4, 0.5) is 26.3 Å². The minimum atomic E-state index is -4.66. The zero-order valence-electron chi connectivity index (χ0n) is 16.1. The van der Waals surface area contributed by atoms with Crippen LogP contribution in [0.1, 0.15) is 44.7 Å². The van der Waals surface area contributed by atoms with Crippen LogP contribution in [0.5, 0.6) is 0 Å². The molecule has 1 aliphatic heterocycles. The summed E-state index contributed by atoms with van der Waals surface area (Å²) < 4.78 is 77.2. The maximum Gasteiger partial charge on any atom is 0.417 e. The van der Waals surface area contributed by atoms with Gasteiger partial charge in [-0.15, -0.1) is 0 Å². The zero-order valence-corrected chi connectivity index (χ0v) is 16.1. The molecule has 0 unspecified atom stereocenters. The van der Waals surface area contributed by atoms with Crippen LogP contribution in [0.15, 0.2) is 48.5 Å². The largest absolute Gasteiger partial charge is 0.417 e. The molecule has 0 radical (unpaired) electrons. The van der Waals surface area contributed by atoms with Crippen molar-refractivity contribution >= 4 is 11.8 Å². The molecule has 0 bridgehead atoms. The van der Waals surface area contributed by atoms with Crippen molar-refractivity contribution in [3.8, 4) is 0 Å². The van der Waals surface area contributed by atoms with Crippen LogP contribution < -0.4 is 5.32 Å². The average molecular weight is 444 g/mol. The summed E-state index contributed by atoms with van der Waals surface area (Å²) in [4.78, 5) is 26.3. The van der Waals surface area contributed by atoms with Crippen molar-refractivity contribution < 1.29 is 35.9 Å². The third-order valence-corrected chi connectivity index (χ3v) is 5.05. The number of hydrogen-bond donors (Lipinski definition) is 1. The third kappa shape index (κ3) is 5.36. The lowest BCUT2D eigenvalue weighted by molar-refractivity contribution is -0.138. The number of likely N-dealkylation sites (tertiary alicyclic amines) is 1. The Bertz CT molecular complexity index is 946. The fourth-order valence-corrected chi connectivity index (χ4v) is 3.40. The van der Waals surface area contributed by atoms with E-state index in [1.165, 1.54) is 17.0 Å². The summed E-state index contributed by atoms with van der Waals surface area (Å²) in [5.74, 6) is -1.29. The van der Waals surface area contributed by atoms with Crippen molar-refractivity contribution in [2.24, 2.45) is 0 Å². The van der Waals surface area contributed by atoms with E-state index in [0.29, 0.717) is 12.8 Å². The van der Waals surface area contributed by atoms with Crippen molar-refractivity contribution in [1.29, 1.82) is 0 Å². The molecule has 10 heteroatoms. The molecule has 31 heavy (non-hydrogen) atoms. The van der Waals surface area contributed by atoms with Gasteiger partial charge in [0.15, 0.2) is 0 Å². The number of carbonyl (C=O) groups excluding carboxylic acids is 2. The van der Waals surface area contributed by atoms with Crippen LogP contribution in [-0.4, -0.2) is 35.8 Å². The Labute approximate surface area is 173 Å². The quantitative estimate of drug-likeness (QED) is 0.695. The van der Waals surface area contributed by atoms with E-state index in [0.717, 1.165) is 36.4 Å². The van der Waals surface area contributed by atoms with E-state index in [2.05, 4.69) is 5.32 Å². The first kappa shape index (κ1) is 22.6. The number of rotatable bonds is 3. The second-order valence-electron chi connectivity index (χ2n) is 7.16. The molecule has 0 aromatic heterocycles. The first-order valence-electron chi connectivity index (χ1n) is 9.40. The molecule has 1 saturated heterocycles. The van der Waals surface area contributed by atoms with Gasteiger partial charge in [-0.3, -0.25) is 9.59 Å². The molecule has 2 aromatic carbocycles. The second-order valence-corrected chi connectivity index (χ2v) is 7.16. The lowest BCUT2D eigenvalue weighted by atomic mass is 10.0. The summed E-state index contributed by atoms with van der Waals surface area (Å²) in [5.41, 5.74) is -2.25.